The van der Waals surface area contributed by atoms with Crippen molar-refractivity contribution < 1.29 is 14.0 Å². The minimum Gasteiger partial charge on any atom is -0.399 e. The van der Waals surface area contributed by atoms with E-state index in [1.165, 1.54) is 17.7 Å². The molecule has 1 aromatic rings. The Morgan fingerprint density at radius 2 is 2.10 bits per heavy atom. The topological polar surface area (TPSA) is 30.8 Å². The second-order valence-electron chi connectivity index (χ2n) is 5.50. The number of fused-ring (bicyclic) bond motifs is 2. The molecule has 112 valence electrons. The van der Waals surface area contributed by atoms with Crippen LogP contribution in [-0.4, -0.2) is 25.0 Å². The van der Waals surface area contributed by atoms with Gasteiger partial charge >= 0.3 is 0 Å². The Hall–Kier alpha value is -1.68. The monoisotopic (exact) mass is 289 g/mol. The SMILES string of the molecule is CCC(=NOC)C1=C(c2ccc(F)cc2)CC2CC[C@@H]1O2. The largest absolute Gasteiger partial charge is 0.399 e. The van der Waals surface area contributed by atoms with Crippen LogP contribution < -0.4 is 0 Å². The summed E-state index contributed by atoms with van der Waals surface area (Å²) in [4.78, 5) is 5.00. The summed E-state index contributed by atoms with van der Waals surface area (Å²) < 4.78 is 19.2. The van der Waals surface area contributed by atoms with Crippen LogP contribution in [0.5, 0.6) is 0 Å². The van der Waals surface area contributed by atoms with E-state index in [9.17, 15) is 4.39 Å². The highest BCUT2D eigenvalue weighted by molar-refractivity contribution is 6.07. The standard InChI is InChI=1S/C17H20FNO2/c1-3-15(19-20-2)17-14(10-13-8-9-16(17)21-13)11-4-6-12(18)7-5-11/h4-7,13,16H,3,8-10H2,1-2H3/t13?,16-/m0/s1. The van der Waals surface area contributed by atoms with Gasteiger partial charge in [0.2, 0.25) is 0 Å². The Bertz CT molecular complexity index is 577. The van der Waals surface area contributed by atoms with Gasteiger partial charge in [-0.2, -0.15) is 0 Å². The molecule has 1 fully saturated rings. The van der Waals surface area contributed by atoms with Crippen LogP contribution in [0.4, 0.5) is 4.39 Å². The normalized spacial score (nSPS) is 25.4. The molecule has 0 aliphatic carbocycles. The summed E-state index contributed by atoms with van der Waals surface area (Å²) >= 11 is 0. The first-order chi connectivity index (χ1) is 10.2. The van der Waals surface area contributed by atoms with Crippen molar-refractivity contribution in [2.45, 2.75) is 44.8 Å². The third kappa shape index (κ3) is 2.72. The predicted molar refractivity (Wildman–Crippen MR) is 80.6 cm³/mol. The van der Waals surface area contributed by atoms with E-state index < -0.39 is 0 Å². The Labute approximate surface area is 124 Å². The number of hydrogen-bond donors (Lipinski definition) is 0. The summed E-state index contributed by atoms with van der Waals surface area (Å²) in [5, 5.41) is 4.18. The van der Waals surface area contributed by atoms with E-state index in [1.807, 2.05) is 12.1 Å². The molecule has 2 aliphatic heterocycles. The minimum absolute atomic E-state index is 0.0950. The van der Waals surface area contributed by atoms with Crippen molar-refractivity contribution in [2.24, 2.45) is 5.16 Å². The maximum absolute atomic E-state index is 13.2. The van der Waals surface area contributed by atoms with Crippen molar-refractivity contribution >= 4 is 11.3 Å². The van der Waals surface area contributed by atoms with Crippen LogP contribution >= 0.6 is 0 Å². The number of ether oxygens (including phenoxy) is 1. The van der Waals surface area contributed by atoms with Gasteiger partial charge in [-0.15, -0.1) is 0 Å². The number of nitrogens with zero attached hydrogens (tertiary/aromatic N) is 1. The van der Waals surface area contributed by atoms with Gasteiger partial charge in [0.15, 0.2) is 0 Å². The molecule has 1 aromatic carbocycles. The van der Waals surface area contributed by atoms with Crippen LogP contribution in [0.1, 0.15) is 38.2 Å². The Balaban J connectivity index is 2.09. The van der Waals surface area contributed by atoms with Crippen LogP contribution in [0.15, 0.2) is 35.0 Å². The van der Waals surface area contributed by atoms with E-state index in [4.69, 9.17) is 9.57 Å². The number of rotatable bonds is 4. The fraction of sp³-hybridized carbons (Fsp3) is 0.471. The van der Waals surface area contributed by atoms with Crippen molar-refractivity contribution in [3.8, 4) is 0 Å². The maximum Gasteiger partial charge on any atom is 0.123 e. The summed E-state index contributed by atoms with van der Waals surface area (Å²) in [6.07, 6.45) is 4.12. The first-order valence-corrected chi connectivity index (χ1v) is 7.47. The molecule has 0 aromatic heterocycles. The van der Waals surface area contributed by atoms with Gasteiger partial charge in [0.25, 0.3) is 0 Å². The highest BCUT2D eigenvalue weighted by Gasteiger charge is 2.37. The quantitative estimate of drug-likeness (QED) is 0.621. The molecule has 3 nitrogen and oxygen atoms in total. The highest BCUT2D eigenvalue weighted by Crippen LogP contribution is 2.41. The number of benzene rings is 1. The zero-order chi connectivity index (χ0) is 14.8. The molecule has 2 bridgehead atoms. The van der Waals surface area contributed by atoms with Crippen molar-refractivity contribution in [3.05, 3.63) is 41.2 Å². The lowest BCUT2D eigenvalue weighted by Gasteiger charge is -2.28. The molecular weight excluding hydrogens is 269 g/mol. The van der Waals surface area contributed by atoms with Crippen LogP contribution in [0.25, 0.3) is 5.57 Å². The summed E-state index contributed by atoms with van der Waals surface area (Å²) in [7, 11) is 1.56. The van der Waals surface area contributed by atoms with Crippen molar-refractivity contribution in [3.63, 3.8) is 0 Å². The Morgan fingerprint density at radius 1 is 1.33 bits per heavy atom. The van der Waals surface area contributed by atoms with Gasteiger partial charge in [0, 0.05) is 5.57 Å². The Morgan fingerprint density at radius 3 is 2.76 bits per heavy atom. The summed E-state index contributed by atoms with van der Waals surface area (Å²) in [6.45, 7) is 2.06. The van der Waals surface area contributed by atoms with Crippen molar-refractivity contribution in [1.82, 2.24) is 0 Å². The minimum atomic E-state index is -0.211. The summed E-state index contributed by atoms with van der Waals surface area (Å²) in [6, 6.07) is 6.71. The zero-order valence-electron chi connectivity index (χ0n) is 12.4. The average molecular weight is 289 g/mol. The third-order valence-corrected chi connectivity index (χ3v) is 4.23. The molecule has 2 heterocycles. The molecule has 0 radical (unpaired) electrons. The summed E-state index contributed by atoms with van der Waals surface area (Å²) in [5.74, 6) is -0.211. The molecule has 4 heteroatoms. The fourth-order valence-corrected chi connectivity index (χ4v) is 3.30. The van der Waals surface area contributed by atoms with Crippen LogP contribution in [0.2, 0.25) is 0 Å². The molecule has 21 heavy (non-hydrogen) atoms. The second-order valence-corrected chi connectivity index (χ2v) is 5.50. The molecule has 2 atom stereocenters. The Kier molecular flexibility index (Phi) is 4.06. The van der Waals surface area contributed by atoms with Gasteiger partial charge in [-0.25, -0.2) is 4.39 Å². The van der Waals surface area contributed by atoms with Crippen molar-refractivity contribution in [1.29, 1.82) is 0 Å². The highest BCUT2D eigenvalue weighted by atomic mass is 19.1. The molecule has 0 saturated carbocycles. The van der Waals surface area contributed by atoms with Crippen LogP contribution in [-0.2, 0) is 9.57 Å². The van der Waals surface area contributed by atoms with E-state index in [2.05, 4.69) is 12.1 Å². The van der Waals surface area contributed by atoms with E-state index in [0.717, 1.165) is 42.5 Å². The van der Waals surface area contributed by atoms with Gasteiger partial charge < -0.3 is 9.57 Å². The molecule has 1 saturated heterocycles. The molecule has 3 rings (SSSR count). The first-order valence-electron chi connectivity index (χ1n) is 7.47. The lowest BCUT2D eigenvalue weighted by atomic mass is 9.89. The molecule has 0 spiro atoms. The average Bonchev–Trinajstić information content (AvgIpc) is 2.88. The lowest BCUT2D eigenvalue weighted by molar-refractivity contribution is 0.0628. The van der Waals surface area contributed by atoms with Gasteiger partial charge in [0.1, 0.15) is 12.9 Å². The molecule has 1 unspecified atom stereocenters. The number of hydrogen-bond acceptors (Lipinski definition) is 3. The van der Waals surface area contributed by atoms with Gasteiger partial charge in [0.05, 0.1) is 17.9 Å². The number of oxime groups is 1. The number of halogens is 1. The maximum atomic E-state index is 13.2. The first kappa shape index (κ1) is 14.3. The van der Waals surface area contributed by atoms with Crippen LogP contribution in [0, 0.1) is 5.82 Å². The second kappa shape index (κ2) is 5.98. The lowest BCUT2D eigenvalue weighted by Crippen LogP contribution is -2.26. The molecular formula is C17H20FNO2. The smallest absolute Gasteiger partial charge is 0.123 e. The molecule has 0 amide bonds. The van der Waals surface area contributed by atoms with E-state index >= 15 is 0 Å². The summed E-state index contributed by atoms with van der Waals surface area (Å²) in [5.41, 5.74) is 4.36. The molecule has 2 aliphatic rings. The van der Waals surface area contributed by atoms with Gasteiger partial charge in [-0.05, 0) is 49.0 Å². The van der Waals surface area contributed by atoms with Gasteiger partial charge in [-0.3, -0.25) is 0 Å². The van der Waals surface area contributed by atoms with E-state index in [1.54, 1.807) is 7.11 Å². The molecule has 0 N–H and O–H groups in total. The van der Waals surface area contributed by atoms with E-state index in [0.29, 0.717) is 0 Å². The van der Waals surface area contributed by atoms with Gasteiger partial charge in [-0.1, -0.05) is 24.2 Å². The van der Waals surface area contributed by atoms with Crippen molar-refractivity contribution in [2.75, 3.05) is 7.11 Å². The predicted octanol–water partition coefficient (Wildman–Crippen LogP) is 3.94. The fourth-order valence-electron chi connectivity index (χ4n) is 3.30. The van der Waals surface area contributed by atoms with Crippen LogP contribution in [0.3, 0.4) is 0 Å². The zero-order valence-corrected chi connectivity index (χ0v) is 12.4. The third-order valence-electron chi connectivity index (χ3n) is 4.23. The van der Waals surface area contributed by atoms with E-state index in [-0.39, 0.29) is 18.0 Å².